The molecule has 1 amide bonds. The standard InChI is InChI=1S/C10H15N3O/c1-3-4-9(7-11)13-6-5-12(2)10(14)8-13/h4H,3,5-6,8H2,1-2H3. The maximum atomic E-state index is 11.4. The zero-order valence-electron chi connectivity index (χ0n) is 8.66. The molecule has 0 radical (unpaired) electrons. The van der Waals surface area contributed by atoms with Crippen LogP contribution in [0.1, 0.15) is 13.3 Å². The van der Waals surface area contributed by atoms with E-state index in [1.807, 2.05) is 17.9 Å². The fourth-order valence-electron chi connectivity index (χ4n) is 1.40. The van der Waals surface area contributed by atoms with E-state index in [4.69, 9.17) is 5.26 Å². The molecule has 0 aromatic heterocycles. The molecule has 0 saturated carbocycles. The zero-order valence-corrected chi connectivity index (χ0v) is 8.66. The van der Waals surface area contributed by atoms with Crippen molar-refractivity contribution in [1.82, 2.24) is 9.80 Å². The first kappa shape index (κ1) is 10.6. The fraction of sp³-hybridized carbons (Fsp3) is 0.600. The number of carbonyl (C=O) groups excluding carboxylic acids is 1. The van der Waals surface area contributed by atoms with E-state index in [1.165, 1.54) is 0 Å². The van der Waals surface area contributed by atoms with Gasteiger partial charge in [0.05, 0.1) is 6.54 Å². The van der Waals surface area contributed by atoms with Gasteiger partial charge < -0.3 is 9.80 Å². The third-order valence-corrected chi connectivity index (χ3v) is 2.31. The minimum Gasteiger partial charge on any atom is -0.352 e. The van der Waals surface area contributed by atoms with Crippen molar-refractivity contribution in [2.24, 2.45) is 0 Å². The van der Waals surface area contributed by atoms with Gasteiger partial charge in [-0.2, -0.15) is 5.26 Å². The molecule has 1 aliphatic rings. The fourth-order valence-corrected chi connectivity index (χ4v) is 1.40. The van der Waals surface area contributed by atoms with Gasteiger partial charge in [-0.25, -0.2) is 0 Å². The first-order valence-corrected chi connectivity index (χ1v) is 4.78. The van der Waals surface area contributed by atoms with Crippen LogP contribution in [0.15, 0.2) is 11.8 Å². The van der Waals surface area contributed by atoms with Crippen LogP contribution in [0, 0.1) is 11.3 Å². The first-order valence-electron chi connectivity index (χ1n) is 4.78. The number of piperazine rings is 1. The van der Waals surface area contributed by atoms with Crippen molar-refractivity contribution in [2.45, 2.75) is 13.3 Å². The molecule has 14 heavy (non-hydrogen) atoms. The van der Waals surface area contributed by atoms with Crippen LogP contribution < -0.4 is 0 Å². The van der Waals surface area contributed by atoms with E-state index in [0.29, 0.717) is 18.8 Å². The summed E-state index contributed by atoms with van der Waals surface area (Å²) in [5, 5.41) is 8.88. The summed E-state index contributed by atoms with van der Waals surface area (Å²) in [4.78, 5) is 14.9. The van der Waals surface area contributed by atoms with Crippen LogP contribution >= 0.6 is 0 Å². The van der Waals surface area contributed by atoms with Crippen LogP contribution in [-0.4, -0.2) is 42.4 Å². The number of rotatable bonds is 2. The molecule has 4 nitrogen and oxygen atoms in total. The van der Waals surface area contributed by atoms with Gasteiger partial charge in [-0.1, -0.05) is 13.0 Å². The van der Waals surface area contributed by atoms with Gasteiger partial charge in [-0.15, -0.1) is 0 Å². The van der Waals surface area contributed by atoms with Gasteiger partial charge >= 0.3 is 0 Å². The van der Waals surface area contributed by atoms with Crippen LogP contribution in [0.2, 0.25) is 0 Å². The summed E-state index contributed by atoms with van der Waals surface area (Å²) in [6, 6.07) is 2.12. The zero-order chi connectivity index (χ0) is 10.6. The molecule has 4 heteroatoms. The third kappa shape index (κ3) is 2.25. The highest BCUT2D eigenvalue weighted by Gasteiger charge is 2.21. The third-order valence-electron chi connectivity index (χ3n) is 2.31. The number of hydrogen-bond donors (Lipinski definition) is 0. The number of allylic oxidation sites excluding steroid dienone is 2. The molecule has 1 fully saturated rings. The van der Waals surface area contributed by atoms with E-state index < -0.39 is 0 Å². The summed E-state index contributed by atoms with van der Waals surface area (Å²) in [5.41, 5.74) is 0.619. The molecular formula is C10H15N3O. The predicted molar refractivity (Wildman–Crippen MR) is 53.2 cm³/mol. The minimum atomic E-state index is 0.0773. The van der Waals surface area contributed by atoms with E-state index in [2.05, 4.69) is 6.07 Å². The molecule has 0 bridgehead atoms. The topological polar surface area (TPSA) is 47.3 Å². The summed E-state index contributed by atoms with van der Waals surface area (Å²) >= 11 is 0. The van der Waals surface area contributed by atoms with Gasteiger partial charge in [0, 0.05) is 20.1 Å². The summed E-state index contributed by atoms with van der Waals surface area (Å²) in [5.74, 6) is 0.0773. The maximum Gasteiger partial charge on any atom is 0.241 e. The van der Waals surface area contributed by atoms with Crippen molar-refractivity contribution in [1.29, 1.82) is 5.26 Å². The second-order valence-corrected chi connectivity index (χ2v) is 3.35. The number of carbonyl (C=O) groups is 1. The Morgan fingerprint density at radius 2 is 2.36 bits per heavy atom. The van der Waals surface area contributed by atoms with Gasteiger partial charge in [0.1, 0.15) is 11.8 Å². The normalized spacial score (nSPS) is 18.4. The predicted octanol–water partition coefficient (Wildman–Crippen LogP) is 0.578. The number of amides is 1. The van der Waals surface area contributed by atoms with Crippen molar-refractivity contribution in [3.8, 4) is 6.07 Å². The molecular weight excluding hydrogens is 178 g/mol. The van der Waals surface area contributed by atoms with Crippen molar-refractivity contribution in [2.75, 3.05) is 26.7 Å². The largest absolute Gasteiger partial charge is 0.352 e. The molecule has 0 unspecified atom stereocenters. The lowest BCUT2D eigenvalue weighted by Gasteiger charge is -2.32. The molecule has 0 aromatic carbocycles. The van der Waals surface area contributed by atoms with Gasteiger partial charge in [0.2, 0.25) is 5.91 Å². The lowest BCUT2D eigenvalue weighted by atomic mass is 10.2. The van der Waals surface area contributed by atoms with E-state index in [-0.39, 0.29) is 5.91 Å². The van der Waals surface area contributed by atoms with E-state index in [0.717, 1.165) is 13.0 Å². The molecule has 1 saturated heterocycles. The van der Waals surface area contributed by atoms with Crippen molar-refractivity contribution >= 4 is 5.91 Å². The molecule has 1 aliphatic heterocycles. The monoisotopic (exact) mass is 193 g/mol. The van der Waals surface area contributed by atoms with Crippen molar-refractivity contribution < 1.29 is 4.79 Å². The van der Waals surface area contributed by atoms with Gasteiger partial charge in [0.15, 0.2) is 0 Å². The van der Waals surface area contributed by atoms with E-state index in [9.17, 15) is 4.79 Å². The van der Waals surface area contributed by atoms with Crippen LogP contribution in [0.3, 0.4) is 0 Å². The Hall–Kier alpha value is -1.50. The summed E-state index contributed by atoms with van der Waals surface area (Å²) in [6.45, 7) is 3.76. The molecule has 1 rings (SSSR count). The lowest BCUT2D eigenvalue weighted by Crippen LogP contribution is -2.47. The van der Waals surface area contributed by atoms with Crippen LogP contribution in [-0.2, 0) is 4.79 Å². The van der Waals surface area contributed by atoms with E-state index in [1.54, 1.807) is 11.9 Å². The summed E-state index contributed by atoms with van der Waals surface area (Å²) in [6.07, 6.45) is 2.68. The van der Waals surface area contributed by atoms with Crippen LogP contribution in [0.4, 0.5) is 0 Å². The Morgan fingerprint density at radius 3 is 2.86 bits per heavy atom. The molecule has 1 heterocycles. The lowest BCUT2D eigenvalue weighted by molar-refractivity contribution is -0.133. The average Bonchev–Trinajstić information content (AvgIpc) is 2.19. The molecule has 0 N–H and O–H groups in total. The van der Waals surface area contributed by atoms with Gasteiger partial charge in [-0.05, 0) is 6.42 Å². The van der Waals surface area contributed by atoms with Gasteiger partial charge in [0.25, 0.3) is 0 Å². The van der Waals surface area contributed by atoms with Crippen molar-refractivity contribution in [3.63, 3.8) is 0 Å². The summed E-state index contributed by atoms with van der Waals surface area (Å²) < 4.78 is 0. The number of likely N-dealkylation sites (N-methyl/N-ethyl adjacent to an activating group) is 1. The highest BCUT2D eigenvalue weighted by atomic mass is 16.2. The molecule has 0 atom stereocenters. The van der Waals surface area contributed by atoms with E-state index >= 15 is 0 Å². The Labute approximate surface area is 84.4 Å². The second kappa shape index (κ2) is 4.66. The molecule has 0 spiro atoms. The Bertz CT molecular complexity index is 290. The number of hydrogen-bond acceptors (Lipinski definition) is 3. The Balaban J connectivity index is 2.67. The first-order chi connectivity index (χ1) is 6.69. The number of nitrogens with zero attached hydrogens (tertiary/aromatic N) is 3. The van der Waals surface area contributed by atoms with Crippen LogP contribution in [0.5, 0.6) is 0 Å². The molecule has 0 aromatic rings. The highest BCUT2D eigenvalue weighted by Crippen LogP contribution is 2.09. The summed E-state index contributed by atoms with van der Waals surface area (Å²) in [7, 11) is 1.79. The minimum absolute atomic E-state index is 0.0773. The second-order valence-electron chi connectivity index (χ2n) is 3.35. The van der Waals surface area contributed by atoms with Crippen molar-refractivity contribution in [3.05, 3.63) is 11.8 Å². The van der Waals surface area contributed by atoms with Gasteiger partial charge in [-0.3, -0.25) is 4.79 Å². The Morgan fingerprint density at radius 1 is 1.64 bits per heavy atom. The number of nitriles is 1. The highest BCUT2D eigenvalue weighted by molar-refractivity contribution is 5.79. The SMILES string of the molecule is CCC=C(C#N)N1CCN(C)C(=O)C1. The molecule has 76 valence electrons. The average molecular weight is 193 g/mol. The maximum absolute atomic E-state index is 11.4. The Kier molecular flexibility index (Phi) is 3.52. The van der Waals surface area contributed by atoms with Crippen LogP contribution in [0.25, 0.3) is 0 Å². The smallest absolute Gasteiger partial charge is 0.241 e. The molecule has 0 aliphatic carbocycles. The quantitative estimate of drug-likeness (QED) is 0.603.